The molecule has 0 aromatic carbocycles. The molecule has 2 aliphatic rings. The number of ether oxygens (including phenoxy) is 2. The zero-order chi connectivity index (χ0) is 13.4. The van der Waals surface area contributed by atoms with E-state index in [1.165, 1.54) is 4.88 Å². The summed E-state index contributed by atoms with van der Waals surface area (Å²) in [5.41, 5.74) is 1.77. The lowest BCUT2D eigenvalue weighted by Gasteiger charge is -2.18. The van der Waals surface area contributed by atoms with Crippen LogP contribution in [0, 0.1) is 5.92 Å². The average molecular weight is 280 g/mol. The van der Waals surface area contributed by atoms with Crippen LogP contribution in [-0.4, -0.2) is 24.6 Å². The predicted molar refractivity (Wildman–Crippen MR) is 70.3 cm³/mol. The minimum absolute atomic E-state index is 0.343. The van der Waals surface area contributed by atoms with Gasteiger partial charge >= 0.3 is 11.9 Å². The van der Waals surface area contributed by atoms with E-state index < -0.39 is 12.1 Å². The fraction of sp³-hybridized carbons (Fsp3) is 0.571. The Kier molecular flexibility index (Phi) is 3.31. The second kappa shape index (κ2) is 4.96. The Morgan fingerprint density at radius 2 is 2.32 bits per heavy atom. The first kappa shape index (κ1) is 12.7. The zero-order valence-electron chi connectivity index (χ0n) is 10.8. The molecule has 0 bridgehead atoms. The highest BCUT2D eigenvalue weighted by atomic mass is 32.1. The topological polar surface area (TPSA) is 52.6 Å². The summed E-state index contributed by atoms with van der Waals surface area (Å²) < 4.78 is 10.1. The summed E-state index contributed by atoms with van der Waals surface area (Å²) >= 11 is 1.63. The molecule has 2 atom stereocenters. The maximum absolute atomic E-state index is 12.1. The second-order valence-corrected chi connectivity index (χ2v) is 6.21. The number of carbonyl (C=O) groups excluding carboxylic acids is 2. The molecule has 1 aromatic heterocycles. The minimum Gasteiger partial charge on any atom is -0.463 e. The first-order valence-electron chi connectivity index (χ1n) is 6.62. The van der Waals surface area contributed by atoms with Gasteiger partial charge in [0.15, 0.2) is 0 Å². The van der Waals surface area contributed by atoms with Crippen molar-refractivity contribution in [2.24, 2.45) is 5.92 Å². The molecule has 0 amide bonds. The first-order valence-corrected chi connectivity index (χ1v) is 7.50. The number of rotatable bonds is 2. The van der Waals surface area contributed by atoms with Gasteiger partial charge in [-0.15, -0.1) is 11.3 Å². The third-order valence-electron chi connectivity index (χ3n) is 3.76. The van der Waals surface area contributed by atoms with E-state index >= 15 is 0 Å². The Labute approximate surface area is 115 Å². The van der Waals surface area contributed by atoms with Crippen LogP contribution in [0.5, 0.6) is 0 Å². The number of carbonyl (C=O) groups is 2. The van der Waals surface area contributed by atoms with Crippen molar-refractivity contribution in [2.45, 2.75) is 38.7 Å². The molecule has 0 radical (unpaired) electrons. The van der Waals surface area contributed by atoms with E-state index in [0.717, 1.165) is 24.8 Å². The van der Waals surface area contributed by atoms with Gasteiger partial charge in [0.25, 0.3) is 0 Å². The molecule has 102 valence electrons. The smallest absolute Gasteiger partial charge is 0.347 e. The maximum Gasteiger partial charge on any atom is 0.347 e. The lowest BCUT2D eigenvalue weighted by atomic mass is 9.88. The van der Waals surface area contributed by atoms with Gasteiger partial charge in [-0.25, -0.2) is 9.59 Å². The molecule has 2 unspecified atom stereocenters. The molecule has 1 fully saturated rings. The molecule has 0 N–H and O–H groups in total. The maximum atomic E-state index is 12.1. The molecular formula is C14H16O4S. The van der Waals surface area contributed by atoms with E-state index in [4.69, 9.17) is 9.47 Å². The number of esters is 2. The first-order chi connectivity index (χ1) is 9.15. The molecule has 19 heavy (non-hydrogen) atoms. The molecular weight excluding hydrogens is 264 g/mol. The summed E-state index contributed by atoms with van der Waals surface area (Å²) in [5, 5.41) is 1.87. The number of fused-ring (bicyclic) bond motifs is 1. The normalized spacial score (nSPS) is 25.8. The number of hydrogen-bond acceptors (Lipinski definition) is 5. The fourth-order valence-electron chi connectivity index (χ4n) is 2.63. The molecule has 2 heterocycles. The van der Waals surface area contributed by atoms with Gasteiger partial charge in [0.1, 0.15) is 0 Å². The number of cyclic esters (lactones) is 1. The summed E-state index contributed by atoms with van der Waals surface area (Å²) in [6.45, 7) is 2.57. The van der Waals surface area contributed by atoms with E-state index in [1.807, 2.05) is 5.38 Å². The lowest BCUT2D eigenvalue weighted by molar-refractivity contribution is -0.145. The largest absolute Gasteiger partial charge is 0.463 e. The number of thiophene rings is 1. The van der Waals surface area contributed by atoms with Gasteiger partial charge in [-0.3, -0.25) is 0 Å². The summed E-state index contributed by atoms with van der Waals surface area (Å²) in [6, 6.07) is 0. The van der Waals surface area contributed by atoms with E-state index in [-0.39, 0.29) is 5.97 Å². The average Bonchev–Trinajstić information content (AvgIpc) is 2.96. The molecule has 0 spiro atoms. The molecule has 1 saturated heterocycles. The highest BCUT2D eigenvalue weighted by Crippen LogP contribution is 2.33. The highest BCUT2D eigenvalue weighted by Gasteiger charge is 2.32. The summed E-state index contributed by atoms with van der Waals surface area (Å²) in [4.78, 5) is 24.7. The Morgan fingerprint density at radius 3 is 3.05 bits per heavy atom. The van der Waals surface area contributed by atoms with Gasteiger partial charge in [-0.2, -0.15) is 0 Å². The van der Waals surface area contributed by atoms with Crippen LogP contribution < -0.4 is 0 Å². The van der Waals surface area contributed by atoms with Crippen molar-refractivity contribution in [3.8, 4) is 0 Å². The van der Waals surface area contributed by atoms with Crippen LogP contribution in [0.15, 0.2) is 5.38 Å². The third kappa shape index (κ3) is 2.39. The van der Waals surface area contributed by atoms with Crippen molar-refractivity contribution in [3.63, 3.8) is 0 Å². The van der Waals surface area contributed by atoms with E-state index in [0.29, 0.717) is 24.5 Å². The van der Waals surface area contributed by atoms with Gasteiger partial charge in [-0.05, 0) is 30.7 Å². The van der Waals surface area contributed by atoms with Crippen molar-refractivity contribution in [2.75, 3.05) is 6.61 Å². The quantitative estimate of drug-likeness (QED) is 0.780. The van der Waals surface area contributed by atoms with Crippen molar-refractivity contribution < 1.29 is 19.1 Å². The third-order valence-corrected chi connectivity index (χ3v) is 4.81. The van der Waals surface area contributed by atoms with Crippen LogP contribution >= 0.6 is 11.3 Å². The summed E-state index contributed by atoms with van der Waals surface area (Å²) in [7, 11) is 0. The second-order valence-electron chi connectivity index (χ2n) is 5.25. The van der Waals surface area contributed by atoms with Crippen LogP contribution in [-0.2, 0) is 27.1 Å². The fourth-order valence-corrected chi connectivity index (χ4v) is 3.86. The minimum atomic E-state index is -0.717. The standard InChI is InChI=1S/C14H16O4S/c1-8-2-3-9-10(7-19-12(9)6-8)13(15)18-11-4-5-17-14(11)16/h7-8,11H,2-6H2,1H3. The Hall–Kier alpha value is -1.36. The molecule has 1 aromatic rings. The Balaban J connectivity index is 1.75. The van der Waals surface area contributed by atoms with Crippen molar-refractivity contribution in [3.05, 3.63) is 21.4 Å². The lowest BCUT2D eigenvalue weighted by Crippen LogP contribution is -2.23. The number of hydrogen-bond donors (Lipinski definition) is 0. The van der Waals surface area contributed by atoms with Crippen LogP contribution in [0.1, 0.15) is 40.6 Å². The monoisotopic (exact) mass is 280 g/mol. The van der Waals surface area contributed by atoms with Gasteiger partial charge in [0, 0.05) is 16.7 Å². The Morgan fingerprint density at radius 1 is 1.47 bits per heavy atom. The molecule has 3 rings (SSSR count). The van der Waals surface area contributed by atoms with Crippen LogP contribution in [0.4, 0.5) is 0 Å². The Bertz CT molecular complexity index is 520. The van der Waals surface area contributed by atoms with E-state index in [2.05, 4.69) is 6.92 Å². The zero-order valence-corrected chi connectivity index (χ0v) is 11.6. The van der Waals surface area contributed by atoms with Crippen molar-refractivity contribution in [1.29, 1.82) is 0 Å². The summed E-state index contributed by atoms with van der Waals surface area (Å²) in [6.07, 6.45) is 2.83. The highest BCUT2D eigenvalue weighted by molar-refractivity contribution is 7.10. The van der Waals surface area contributed by atoms with E-state index in [1.54, 1.807) is 11.3 Å². The predicted octanol–water partition coefficient (Wildman–Crippen LogP) is 2.35. The van der Waals surface area contributed by atoms with Gasteiger partial charge in [0.05, 0.1) is 12.2 Å². The SMILES string of the molecule is CC1CCc2c(C(=O)OC3CCOC3=O)csc2C1. The van der Waals surface area contributed by atoms with Crippen molar-refractivity contribution in [1.82, 2.24) is 0 Å². The molecule has 1 aliphatic heterocycles. The summed E-state index contributed by atoms with van der Waals surface area (Å²) in [5.74, 6) is -0.123. The van der Waals surface area contributed by atoms with Gasteiger partial charge < -0.3 is 9.47 Å². The van der Waals surface area contributed by atoms with Crippen LogP contribution in [0.25, 0.3) is 0 Å². The molecule has 0 saturated carbocycles. The molecule has 4 nitrogen and oxygen atoms in total. The van der Waals surface area contributed by atoms with Gasteiger partial charge in [0.2, 0.25) is 6.10 Å². The van der Waals surface area contributed by atoms with Gasteiger partial charge in [-0.1, -0.05) is 6.92 Å². The van der Waals surface area contributed by atoms with Crippen molar-refractivity contribution >= 4 is 23.3 Å². The molecule has 5 heteroatoms. The molecule has 1 aliphatic carbocycles. The van der Waals surface area contributed by atoms with Crippen LogP contribution in [0.2, 0.25) is 0 Å². The van der Waals surface area contributed by atoms with E-state index in [9.17, 15) is 9.59 Å². The van der Waals surface area contributed by atoms with Crippen LogP contribution in [0.3, 0.4) is 0 Å².